The average molecular weight is 492 g/mol. The molecule has 3 aromatic rings. The summed E-state index contributed by atoms with van der Waals surface area (Å²) in [6, 6.07) is 4.91. The van der Waals surface area contributed by atoms with Crippen molar-refractivity contribution in [2.75, 3.05) is 17.3 Å². The van der Waals surface area contributed by atoms with Gasteiger partial charge in [-0.15, -0.1) is 0 Å². The van der Waals surface area contributed by atoms with Crippen LogP contribution in [0.25, 0.3) is 22.2 Å². The molecule has 1 N–H and O–H groups in total. The highest BCUT2D eigenvalue weighted by Crippen LogP contribution is 2.39. The van der Waals surface area contributed by atoms with E-state index in [9.17, 15) is 32.4 Å². The number of carbonyl (C=O) groups excluding carboxylic acids is 2. The third kappa shape index (κ3) is 5.32. The van der Waals surface area contributed by atoms with Crippen molar-refractivity contribution in [3.63, 3.8) is 0 Å². The van der Waals surface area contributed by atoms with Gasteiger partial charge < -0.3 is 14.6 Å². The zero-order valence-electron chi connectivity index (χ0n) is 19.3. The summed E-state index contributed by atoms with van der Waals surface area (Å²) in [5.41, 5.74) is -0.988. The Labute approximate surface area is 196 Å². The van der Waals surface area contributed by atoms with Crippen LogP contribution in [0, 0.1) is 17.1 Å². The van der Waals surface area contributed by atoms with Crippen LogP contribution in [0.4, 0.5) is 34.0 Å². The Bertz CT molecular complexity index is 1370. The Morgan fingerprint density at radius 2 is 1.86 bits per heavy atom. The van der Waals surface area contributed by atoms with Crippen molar-refractivity contribution in [1.29, 1.82) is 5.26 Å². The van der Waals surface area contributed by atoms with E-state index in [1.807, 2.05) is 0 Å². The van der Waals surface area contributed by atoms with Crippen LogP contribution in [0.2, 0.25) is 0 Å². The molecule has 3 rings (SSSR count). The molecular formula is C22H20F4N6O3. The van der Waals surface area contributed by atoms with Gasteiger partial charge in [0.15, 0.2) is 5.82 Å². The van der Waals surface area contributed by atoms with E-state index < -0.39 is 35.4 Å². The van der Waals surface area contributed by atoms with Crippen LogP contribution >= 0.6 is 0 Å². The SMILES string of the molecule is CN(C(=O)OC(C)(C)C)c1nc(NC(=O)C(F)(F)F)c(-c2cc(F)cc(C#N)c2)c2c1ncn2C. The van der Waals surface area contributed by atoms with Crippen molar-refractivity contribution in [3.05, 3.63) is 35.9 Å². The molecule has 0 fully saturated rings. The lowest BCUT2D eigenvalue weighted by molar-refractivity contribution is -0.167. The first kappa shape index (κ1) is 25.4. The van der Waals surface area contributed by atoms with E-state index in [2.05, 4.69) is 9.97 Å². The summed E-state index contributed by atoms with van der Waals surface area (Å²) < 4.78 is 60.3. The Morgan fingerprint density at radius 3 is 2.43 bits per heavy atom. The van der Waals surface area contributed by atoms with Gasteiger partial charge in [-0.25, -0.2) is 19.2 Å². The van der Waals surface area contributed by atoms with E-state index in [1.54, 1.807) is 32.2 Å². The molecule has 0 spiro atoms. The number of rotatable bonds is 3. The molecule has 2 amide bonds. The zero-order chi connectivity index (χ0) is 26.3. The number of nitrogens with one attached hydrogen (secondary N) is 1. The second-order valence-electron chi connectivity index (χ2n) is 8.54. The summed E-state index contributed by atoms with van der Waals surface area (Å²) >= 11 is 0. The summed E-state index contributed by atoms with van der Waals surface area (Å²) in [5, 5.41) is 10.9. The molecule has 184 valence electrons. The number of amides is 2. The Hall–Kier alpha value is -4.21. The number of pyridine rings is 1. The summed E-state index contributed by atoms with van der Waals surface area (Å²) in [7, 11) is 2.78. The van der Waals surface area contributed by atoms with E-state index in [-0.39, 0.29) is 33.5 Å². The number of imidazole rings is 1. The molecular weight excluding hydrogens is 472 g/mol. The maximum atomic E-state index is 14.3. The number of anilines is 2. The summed E-state index contributed by atoms with van der Waals surface area (Å²) in [5.74, 6) is -4.01. The lowest BCUT2D eigenvalue weighted by atomic mass is 10.0. The number of halogens is 4. The molecule has 0 aliphatic rings. The van der Waals surface area contributed by atoms with Crippen molar-refractivity contribution >= 4 is 34.7 Å². The number of fused-ring (bicyclic) bond motifs is 1. The number of alkyl halides is 3. The fourth-order valence-electron chi connectivity index (χ4n) is 3.21. The highest BCUT2D eigenvalue weighted by Gasteiger charge is 2.40. The van der Waals surface area contributed by atoms with Crippen LogP contribution in [0.15, 0.2) is 24.5 Å². The van der Waals surface area contributed by atoms with Gasteiger partial charge in [0.25, 0.3) is 0 Å². The van der Waals surface area contributed by atoms with Crippen LogP contribution < -0.4 is 10.2 Å². The number of nitrogens with zero attached hydrogens (tertiary/aromatic N) is 5. The smallest absolute Gasteiger partial charge is 0.443 e. The monoisotopic (exact) mass is 492 g/mol. The molecule has 0 radical (unpaired) electrons. The number of benzene rings is 1. The first-order valence-corrected chi connectivity index (χ1v) is 10.0. The van der Waals surface area contributed by atoms with Crippen molar-refractivity contribution in [2.45, 2.75) is 32.5 Å². The van der Waals surface area contributed by atoms with Crippen LogP contribution in [0.1, 0.15) is 26.3 Å². The van der Waals surface area contributed by atoms with Gasteiger partial charge in [0.1, 0.15) is 22.8 Å². The van der Waals surface area contributed by atoms with Crippen molar-refractivity contribution < 1.29 is 31.9 Å². The molecule has 9 nitrogen and oxygen atoms in total. The molecule has 35 heavy (non-hydrogen) atoms. The van der Waals surface area contributed by atoms with Gasteiger partial charge in [-0.3, -0.25) is 9.69 Å². The number of ether oxygens (including phenoxy) is 1. The molecule has 1 aromatic carbocycles. The van der Waals surface area contributed by atoms with Crippen LogP contribution in [-0.2, 0) is 16.6 Å². The molecule has 0 aliphatic heterocycles. The molecule has 0 aliphatic carbocycles. The molecule has 13 heteroatoms. The second kappa shape index (κ2) is 8.86. The number of aryl methyl sites for hydroxylation is 1. The molecule has 0 saturated heterocycles. The highest BCUT2D eigenvalue weighted by atomic mass is 19.4. The molecule has 0 bridgehead atoms. The maximum absolute atomic E-state index is 14.3. The maximum Gasteiger partial charge on any atom is 0.471 e. The quantitative estimate of drug-likeness (QED) is 0.538. The van der Waals surface area contributed by atoms with E-state index in [0.717, 1.165) is 17.0 Å². The Morgan fingerprint density at radius 1 is 1.20 bits per heavy atom. The topological polar surface area (TPSA) is 113 Å². The number of nitriles is 1. The largest absolute Gasteiger partial charge is 0.471 e. The predicted octanol–water partition coefficient (Wildman–Crippen LogP) is 4.52. The molecule has 2 heterocycles. The number of hydrogen-bond donors (Lipinski definition) is 1. The second-order valence-corrected chi connectivity index (χ2v) is 8.54. The average Bonchev–Trinajstić information content (AvgIpc) is 3.11. The highest BCUT2D eigenvalue weighted by molar-refractivity contribution is 6.09. The minimum absolute atomic E-state index is 0.0356. The fraction of sp³-hybridized carbons (Fsp3) is 0.318. The number of aromatic nitrogens is 3. The normalized spacial score (nSPS) is 11.8. The lowest BCUT2D eigenvalue weighted by Crippen LogP contribution is -2.35. The van der Waals surface area contributed by atoms with Gasteiger partial charge in [0, 0.05) is 14.1 Å². The molecule has 0 unspecified atom stereocenters. The summed E-state index contributed by atoms with van der Waals surface area (Å²) in [6.45, 7) is 4.87. The standard InChI is InChI=1S/C22H20F4N6O3/c1-21(2,3)35-20(34)32(5)18-15-16(31(4)10-28-15)14(12-6-11(9-27)7-13(23)8-12)17(29-18)30-19(33)22(24,25)26/h6-8,10H,1-5H3,(H,29,30,33). The molecule has 0 atom stereocenters. The lowest BCUT2D eigenvalue weighted by Gasteiger charge is -2.25. The van der Waals surface area contributed by atoms with E-state index in [1.165, 1.54) is 31.1 Å². The van der Waals surface area contributed by atoms with Gasteiger partial charge in [-0.1, -0.05) is 0 Å². The zero-order valence-corrected chi connectivity index (χ0v) is 19.3. The first-order chi connectivity index (χ1) is 16.1. The van der Waals surface area contributed by atoms with Crippen LogP contribution in [0.3, 0.4) is 0 Å². The summed E-state index contributed by atoms with van der Waals surface area (Å²) in [4.78, 5) is 33.7. The minimum Gasteiger partial charge on any atom is -0.443 e. The van der Waals surface area contributed by atoms with Gasteiger partial charge in [-0.05, 0) is 44.5 Å². The van der Waals surface area contributed by atoms with Gasteiger partial charge in [0.05, 0.1) is 29.0 Å². The van der Waals surface area contributed by atoms with Crippen molar-refractivity contribution in [2.24, 2.45) is 7.05 Å². The van der Waals surface area contributed by atoms with Crippen molar-refractivity contribution in [3.8, 4) is 17.2 Å². The molecule has 0 saturated carbocycles. The number of carbonyl (C=O) groups is 2. The van der Waals surface area contributed by atoms with Crippen LogP contribution in [0.5, 0.6) is 0 Å². The van der Waals surface area contributed by atoms with Crippen molar-refractivity contribution in [1.82, 2.24) is 14.5 Å². The fourth-order valence-corrected chi connectivity index (χ4v) is 3.21. The number of hydrogen-bond acceptors (Lipinski definition) is 6. The predicted molar refractivity (Wildman–Crippen MR) is 118 cm³/mol. The van der Waals surface area contributed by atoms with Gasteiger partial charge in [-0.2, -0.15) is 18.4 Å². The van der Waals surface area contributed by atoms with Crippen LogP contribution in [-0.4, -0.2) is 45.4 Å². The van der Waals surface area contributed by atoms with Gasteiger partial charge >= 0.3 is 18.2 Å². The first-order valence-electron chi connectivity index (χ1n) is 10.0. The molecule has 2 aromatic heterocycles. The third-order valence-electron chi connectivity index (χ3n) is 4.63. The minimum atomic E-state index is -5.27. The Balaban J connectivity index is 2.35. The third-order valence-corrected chi connectivity index (χ3v) is 4.63. The van der Waals surface area contributed by atoms with E-state index in [4.69, 9.17) is 4.74 Å². The Kier molecular flexibility index (Phi) is 6.43. The van der Waals surface area contributed by atoms with Gasteiger partial charge in [0.2, 0.25) is 0 Å². The summed E-state index contributed by atoms with van der Waals surface area (Å²) in [6.07, 6.45) is -4.84. The van der Waals surface area contributed by atoms with E-state index >= 15 is 0 Å². The van der Waals surface area contributed by atoms with E-state index in [0.29, 0.717) is 0 Å².